The van der Waals surface area contributed by atoms with Gasteiger partial charge in [-0.25, -0.2) is 13.4 Å². The maximum atomic E-state index is 11.0. The summed E-state index contributed by atoms with van der Waals surface area (Å²) in [6, 6.07) is 11.3. The van der Waals surface area contributed by atoms with Crippen LogP contribution >= 0.6 is 0 Å². The van der Waals surface area contributed by atoms with Crippen LogP contribution in [0.4, 0.5) is 17.2 Å². The van der Waals surface area contributed by atoms with Gasteiger partial charge in [0.15, 0.2) is 0 Å². The van der Waals surface area contributed by atoms with Gasteiger partial charge >= 0.3 is 0 Å². The van der Waals surface area contributed by atoms with Crippen molar-refractivity contribution in [1.29, 1.82) is 0 Å². The lowest BCUT2D eigenvalue weighted by Crippen LogP contribution is -2.10. The number of rotatable bonds is 4. The topological polar surface area (TPSA) is 71.1 Å². The van der Waals surface area contributed by atoms with Crippen LogP contribution in [0.5, 0.6) is 0 Å². The van der Waals surface area contributed by atoms with Gasteiger partial charge in [-0.15, -0.1) is 0 Å². The van der Waals surface area contributed by atoms with Gasteiger partial charge in [0.05, 0.1) is 18.1 Å². The van der Waals surface area contributed by atoms with Crippen molar-refractivity contribution in [2.75, 3.05) is 16.3 Å². The second kappa shape index (κ2) is 5.27. The average Bonchev–Trinajstić information content (AvgIpc) is 2.33. The minimum absolute atomic E-state index is 0.303. The van der Waals surface area contributed by atoms with E-state index in [9.17, 15) is 8.42 Å². The molecule has 100 valence electrons. The van der Waals surface area contributed by atoms with Crippen molar-refractivity contribution < 1.29 is 8.42 Å². The first-order chi connectivity index (χ1) is 8.92. The number of benzene rings is 1. The summed E-state index contributed by atoms with van der Waals surface area (Å²) in [7, 11) is -3.29. The van der Waals surface area contributed by atoms with E-state index in [0.717, 1.165) is 17.6 Å². The van der Waals surface area contributed by atoms with E-state index >= 15 is 0 Å². The quantitative estimate of drug-likeness (QED) is 0.900. The average molecular weight is 277 g/mol. The number of sulfonamides is 1. The third-order valence-electron chi connectivity index (χ3n) is 2.39. The SMILES string of the molecule is Cc1ccc(Nc2ccc(NS(C)(=O)=O)nc2)cc1. The molecule has 0 aliphatic heterocycles. The van der Waals surface area contributed by atoms with Crippen LogP contribution in [0.3, 0.4) is 0 Å². The summed E-state index contributed by atoms with van der Waals surface area (Å²) in [6.45, 7) is 2.02. The highest BCUT2D eigenvalue weighted by Gasteiger charge is 2.02. The predicted molar refractivity (Wildman–Crippen MR) is 77.2 cm³/mol. The van der Waals surface area contributed by atoms with E-state index in [2.05, 4.69) is 15.0 Å². The number of nitrogens with zero attached hydrogens (tertiary/aromatic N) is 1. The Labute approximate surface area is 112 Å². The van der Waals surface area contributed by atoms with Gasteiger partial charge < -0.3 is 5.32 Å². The molecule has 0 saturated heterocycles. The molecule has 0 spiro atoms. The van der Waals surface area contributed by atoms with Crippen LogP contribution in [0, 0.1) is 6.92 Å². The van der Waals surface area contributed by atoms with E-state index < -0.39 is 10.0 Å². The number of aryl methyl sites for hydroxylation is 1. The fourth-order valence-corrected chi connectivity index (χ4v) is 2.02. The first kappa shape index (κ1) is 13.4. The third-order valence-corrected chi connectivity index (χ3v) is 2.97. The van der Waals surface area contributed by atoms with Gasteiger partial charge in [0, 0.05) is 5.69 Å². The summed E-state index contributed by atoms with van der Waals surface area (Å²) in [5.41, 5.74) is 2.94. The van der Waals surface area contributed by atoms with E-state index in [-0.39, 0.29) is 0 Å². The van der Waals surface area contributed by atoms with E-state index in [1.165, 1.54) is 5.56 Å². The second-order valence-electron chi connectivity index (χ2n) is 4.30. The smallest absolute Gasteiger partial charge is 0.230 e. The lowest BCUT2D eigenvalue weighted by Gasteiger charge is -2.07. The van der Waals surface area contributed by atoms with Crippen molar-refractivity contribution in [3.63, 3.8) is 0 Å². The highest BCUT2D eigenvalue weighted by molar-refractivity contribution is 7.92. The molecule has 0 aliphatic rings. The second-order valence-corrected chi connectivity index (χ2v) is 6.05. The molecular weight excluding hydrogens is 262 g/mol. The molecule has 0 bridgehead atoms. The third kappa shape index (κ3) is 4.26. The van der Waals surface area contributed by atoms with Gasteiger partial charge in [0.25, 0.3) is 0 Å². The molecule has 2 N–H and O–H groups in total. The summed E-state index contributed by atoms with van der Waals surface area (Å²) < 4.78 is 24.4. The lowest BCUT2D eigenvalue weighted by molar-refractivity contribution is 0.606. The van der Waals surface area contributed by atoms with Crippen molar-refractivity contribution in [3.8, 4) is 0 Å². The van der Waals surface area contributed by atoms with Gasteiger partial charge in [-0.2, -0.15) is 0 Å². The summed E-state index contributed by atoms with van der Waals surface area (Å²) in [6.07, 6.45) is 2.67. The van der Waals surface area contributed by atoms with Gasteiger partial charge in [-0.3, -0.25) is 4.72 Å². The normalized spacial score (nSPS) is 11.1. The number of nitrogens with one attached hydrogen (secondary N) is 2. The zero-order chi connectivity index (χ0) is 13.9. The Bertz CT molecular complexity index is 649. The Morgan fingerprint density at radius 3 is 2.16 bits per heavy atom. The Kier molecular flexibility index (Phi) is 3.71. The van der Waals surface area contributed by atoms with Crippen LogP contribution in [0.15, 0.2) is 42.6 Å². The minimum atomic E-state index is -3.29. The number of aromatic nitrogens is 1. The molecule has 19 heavy (non-hydrogen) atoms. The van der Waals surface area contributed by atoms with Crippen LogP contribution in [-0.2, 0) is 10.0 Å². The van der Waals surface area contributed by atoms with Gasteiger partial charge in [0.2, 0.25) is 10.0 Å². The standard InChI is InChI=1S/C13H15N3O2S/c1-10-3-5-11(6-4-10)15-12-7-8-13(14-9-12)16-19(2,17)18/h3-9,15H,1-2H3,(H,14,16). The summed E-state index contributed by atoms with van der Waals surface area (Å²) in [4.78, 5) is 4.02. The fraction of sp³-hybridized carbons (Fsp3) is 0.154. The lowest BCUT2D eigenvalue weighted by atomic mass is 10.2. The van der Waals surface area contributed by atoms with Crippen LogP contribution in [0.25, 0.3) is 0 Å². The number of hydrogen-bond donors (Lipinski definition) is 2. The van der Waals surface area contributed by atoms with E-state index in [1.807, 2.05) is 31.2 Å². The van der Waals surface area contributed by atoms with E-state index in [4.69, 9.17) is 0 Å². The van der Waals surface area contributed by atoms with E-state index in [0.29, 0.717) is 5.82 Å². The highest BCUT2D eigenvalue weighted by Crippen LogP contribution is 2.17. The Hall–Kier alpha value is -2.08. The van der Waals surface area contributed by atoms with Crippen molar-refractivity contribution in [1.82, 2.24) is 4.98 Å². The summed E-state index contributed by atoms with van der Waals surface area (Å²) in [5.74, 6) is 0.303. The van der Waals surface area contributed by atoms with Crippen molar-refractivity contribution >= 4 is 27.2 Å². The van der Waals surface area contributed by atoms with Gasteiger partial charge in [-0.05, 0) is 31.2 Å². The van der Waals surface area contributed by atoms with Gasteiger partial charge in [0.1, 0.15) is 5.82 Å². The van der Waals surface area contributed by atoms with Crippen LogP contribution in [0.2, 0.25) is 0 Å². The zero-order valence-electron chi connectivity index (χ0n) is 10.7. The van der Waals surface area contributed by atoms with Crippen molar-refractivity contribution in [2.24, 2.45) is 0 Å². The van der Waals surface area contributed by atoms with E-state index in [1.54, 1.807) is 18.3 Å². The predicted octanol–water partition coefficient (Wildman–Crippen LogP) is 2.51. The number of pyridine rings is 1. The molecule has 2 aromatic rings. The Balaban J connectivity index is 2.08. The molecule has 0 saturated carbocycles. The maximum absolute atomic E-state index is 11.0. The molecule has 5 nitrogen and oxygen atoms in total. The maximum Gasteiger partial charge on any atom is 0.230 e. The Morgan fingerprint density at radius 2 is 1.63 bits per heavy atom. The molecule has 0 aliphatic carbocycles. The number of anilines is 3. The largest absolute Gasteiger partial charge is 0.354 e. The molecular formula is C13H15N3O2S. The monoisotopic (exact) mass is 277 g/mol. The fourth-order valence-electron chi connectivity index (χ4n) is 1.52. The van der Waals surface area contributed by atoms with Gasteiger partial charge in [-0.1, -0.05) is 17.7 Å². The molecule has 2 rings (SSSR count). The highest BCUT2D eigenvalue weighted by atomic mass is 32.2. The summed E-state index contributed by atoms with van der Waals surface area (Å²) in [5, 5.41) is 3.18. The summed E-state index contributed by atoms with van der Waals surface area (Å²) >= 11 is 0. The van der Waals surface area contributed by atoms with Crippen LogP contribution in [-0.4, -0.2) is 19.7 Å². The zero-order valence-corrected chi connectivity index (χ0v) is 11.5. The molecule has 0 unspecified atom stereocenters. The molecule has 1 aromatic carbocycles. The van der Waals surface area contributed by atoms with Crippen molar-refractivity contribution in [2.45, 2.75) is 6.92 Å². The molecule has 0 atom stereocenters. The molecule has 0 amide bonds. The first-order valence-corrected chi connectivity index (χ1v) is 7.59. The van der Waals surface area contributed by atoms with Crippen LogP contribution < -0.4 is 10.0 Å². The van der Waals surface area contributed by atoms with Crippen molar-refractivity contribution in [3.05, 3.63) is 48.2 Å². The van der Waals surface area contributed by atoms with Crippen LogP contribution in [0.1, 0.15) is 5.56 Å². The molecule has 1 aromatic heterocycles. The Morgan fingerprint density at radius 1 is 1.00 bits per heavy atom. The number of hydrogen-bond acceptors (Lipinski definition) is 4. The first-order valence-electron chi connectivity index (χ1n) is 5.70. The molecule has 1 heterocycles. The molecule has 6 heteroatoms. The molecule has 0 fully saturated rings. The minimum Gasteiger partial charge on any atom is -0.354 e. The molecule has 0 radical (unpaired) electrons.